The molecule has 3 aromatic rings. The van der Waals surface area contributed by atoms with Crippen LogP contribution in [0, 0.1) is 0 Å². The van der Waals surface area contributed by atoms with Gasteiger partial charge in [-0.05, 0) is 29.1 Å². The van der Waals surface area contributed by atoms with E-state index in [9.17, 15) is 0 Å². The first kappa shape index (κ1) is 8.40. The Bertz CT molecular complexity index is 554. The summed E-state index contributed by atoms with van der Waals surface area (Å²) in [5, 5.41) is 9.58. The second-order valence-electron chi connectivity index (χ2n) is 2.62. The van der Waals surface area contributed by atoms with E-state index in [1.165, 1.54) is 9.40 Å². The summed E-state index contributed by atoms with van der Waals surface area (Å²) < 4.78 is 7.60. The van der Waals surface area contributed by atoms with Gasteiger partial charge < -0.3 is 4.42 Å². The highest BCUT2D eigenvalue weighted by atomic mass is 35.5. The quantitative estimate of drug-likeness (QED) is 0.654. The van der Waals surface area contributed by atoms with Crippen LogP contribution in [0.3, 0.4) is 0 Å². The van der Waals surface area contributed by atoms with Crippen LogP contribution in [-0.2, 0) is 0 Å². The van der Waals surface area contributed by atoms with Crippen molar-refractivity contribution >= 4 is 43.7 Å². The maximum absolute atomic E-state index is 5.55. The second-order valence-corrected chi connectivity index (χ2v) is 4.97. The molecule has 0 aliphatic heterocycles. The van der Waals surface area contributed by atoms with E-state index in [4.69, 9.17) is 16.0 Å². The molecule has 0 aliphatic rings. The van der Waals surface area contributed by atoms with E-state index < -0.39 is 0 Å². The van der Waals surface area contributed by atoms with Crippen molar-refractivity contribution in [1.29, 1.82) is 0 Å². The minimum Gasteiger partial charge on any atom is -0.407 e. The Hall–Kier alpha value is -0.910. The largest absolute Gasteiger partial charge is 0.407 e. The molecule has 0 saturated carbocycles. The van der Waals surface area contributed by atoms with E-state index in [-0.39, 0.29) is 5.35 Å². The summed E-state index contributed by atoms with van der Waals surface area (Å²) >= 11 is 8.87. The van der Waals surface area contributed by atoms with Gasteiger partial charge in [0, 0.05) is 9.40 Å². The number of thiophene rings is 2. The molecule has 0 aliphatic carbocycles. The number of hydrogen-bond acceptors (Lipinski definition) is 5. The van der Waals surface area contributed by atoms with Gasteiger partial charge in [-0.15, -0.1) is 27.8 Å². The SMILES string of the molecule is Clc1nnc(-c2cc3sccc3s2)o1. The van der Waals surface area contributed by atoms with Gasteiger partial charge in [-0.2, -0.15) is 0 Å². The van der Waals surface area contributed by atoms with Crippen LogP contribution in [0.15, 0.2) is 21.9 Å². The molecule has 0 N–H and O–H groups in total. The van der Waals surface area contributed by atoms with Gasteiger partial charge in [0.15, 0.2) is 0 Å². The lowest BCUT2D eigenvalue weighted by Crippen LogP contribution is -1.69. The molecule has 0 atom stereocenters. The van der Waals surface area contributed by atoms with Crippen LogP contribution in [0.25, 0.3) is 20.2 Å². The number of halogens is 1. The number of rotatable bonds is 1. The molecule has 3 aromatic heterocycles. The molecule has 0 amide bonds. The molecule has 0 spiro atoms. The van der Waals surface area contributed by atoms with Crippen LogP contribution in [0.1, 0.15) is 0 Å². The molecule has 0 aromatic carbocycles. The summed E-state index contributed by atoms with van der Waals surface area (Å²) in [5.74, 6) is 0.489. The molecular weight excluding hydrogens is 240 g/mol. The monoisotopic (exact) mass is 242 g/mol. The van der Waals surface area contributed by atoms with Crippen LogP contribution >= 0.6 is 34.3 Å². The summed E-state index contributed by atoms with van der Waals surface area (Å²) in [7, 11) is 0. The number of fused-ring (bicyclic) bond motifs is 1. The highest BCUT2D eigenvalue weighted by Crippen LogP contribution is 2.35. The van der Waals surface area contributed by atoms with Crippen molar-refractivity contribution < 1.29 is 4.42 Å². The minimum absolute atomic E-state index is 0.0803. The smallest absolute Gasteiger partial charge is 0.313 e. The average Bonchev–Trinajstić information content (AvgIpc) is 2.75. The fourth-order valence-corrected chi connectivity index (χ4v) is 3.32. The van der Waals surface area contributed by atoms with Crippen molar-refractivity contribution in [2.24, 2.45) is 0 Å². The predicted molar refractivity (Wildman–Crippen MR) is 58.0 cm³/mol. The van der Waals surface area contributed by atoms with Crippen LogP contribution in [-0.4, -0.2) is 10.2 Å². The zero-order chi connectivity index (χ0) is 9.54. The first-order valence-corrected chi connectivity index (χ1v) is 5.87. The highest BCUT2D eigenvalue weighted by molar-refractivity contribution is 7.28. The van der Waals surface area contributed by atoms with Crippen molar-refractivity contribution in [3.63, 3.8) is 0 Å². The summed E-state index contributed by atoms with van der Waals surface area (Å²) in [6.07, 6.45) is 0. The van der Waals surface area contributed by atoms with E-state index >= 15 is 0 Å². The molecule has 0 saturated heterocycles. The third kappa shape index (κ3) is 1.25. The van der Waals surface area contributed by atoms with E-state index in [1.54, 1.807) is 22.7 Å². The topological polar surface area (TPSA) is 38.9 Å². The summed E-state index contributed by atoms with van der Waals surface area (Å²) in [5.41, 5.74) is 0. The maximum Gasteiger partial charge on any atom is 0.313 e. The number of hydrogen-bond donors (Lipinski definition) is 0. The molecule has 0 radical (unpaired) electrons. The Morgan fingerprint density at radius 1 is 1.29 bits per heavy atom. The maximum atomic E-state index is 5.55. The molecule has 0 bridgehead atoms. The summed E-state index contributed by atoms with van der Waals surface area (Å²) in [6, 6.07) is 4.11. The van der Waals surface area contributed by atoms with E-state index in [0.717, 1.165) is 4.88 Å². The molecule has 6 heteroatoms. The van der Waals surface area contributed by atoms with Gasteiger partial charge in [-0.3, -0.25) is 0 Å². The van der Waals surface area contributed by atoms with E-state index in [0.29, 0.717) is 5.89 Å². The third-order valence-corrected chi connectivity index (χ3v) is 3.98. The Morgan fingerprint density at radius 2 is 2.21 bits per heavy atom. The van der Waals surface area contributed by atoms with Crippen molar-refractivity contribution in [2.75, 3.05) is 0 Å². The minimum atomic E-state index is 0.0803. The molecular formula is C8H3ClN2OS2. The summed E-state index contributed by atoms with van der Waals surface area (Å²) in [6.45, 7) is 0. The molecule has 0 unspecified atom stereocenters. The van der Waals surface area contributed by atoms with Gasteiger partial charge in [-0.1, -0.05) is 5.10 Å². The molecule has 0 fully saturated rings. The van der Waals surface area contributed by atoms with Gasteiger partial charge >= 0.3 is 5.35 Å². The number of aromatic nitrogens is 2. The van der Waals surface area contributed by atoms with Crippen molar-refractivity contribution in [3.8, 4) is 10.8 Å². The second kappa shape index (κ2) is 3.05. The molecule has 3 rings (SSSR count). The first-order chi connectivity index (χ1) is 6.83. The van der Waals surface area contributed by atoms with Gasteiger partial charge in [0.2, 0.25) is 0 Å². The van der Waals surface area contributed by atoms with E-state index in [2.05, 4.69) is 21.6 Å². The fourth-order valence-electron chi connectivity index (χ4n) is 1.18. The standard InChI is InChI=1S/C8H3ClN2OS2/c9-8-11-10-7(12-8)6-3-5-4(14-6)1-2-13-5/h1-3H. The molecule has 14 heavy (non-hydrogen) atoms. The van der Waals surface area contributed by atoms with Crippen LogP contribution in [0.4, 0.5) is 0 Å². The Balaban J connectivity index is 2.18. The lowest BCUT2D eigenvalue weighted by molar-refractivity contribution is 0.572. The Labute approximate surface area is 92.0 Å². The lowest BCUT2D eigenvalue weighted by atomic mass is 10.4. The third-order valence-electron chi connectivity index (χ3n) is 1.75. The van der Waals surface area contributed by atoms with Crippen molar-refractivity contribution in [3.05, 3.63) is 22.9 Å². The zero-order valence-electron chi connectivity index (χ0n) is 6.73. The normalized spacial score (nSPS) is 11.2. The highest BCUT2D eigenvalue weighted by Gasteiger charge is 2.10. The average molecular weight is 243 g/mol. The predicted octanol–water partition coefficient (Wildman–Crippen LogP) is 3.67. The van der Waals surface area contributed by atoms with Gasteiger partial charge in [0.05, 0.1) is 4.88 Å². The first-order valence-electron chi connectivity index (χ1n) is 3.79. The van der Waals surface area contributed by atoms with Gasteiger partial charge in [0.25, 0.3) is 5.89 Å². The fraction of sp³-hybridized carbons (Fsp3) is 0. The van der Waals surface area contributed by atoms with Crippen LogP contribution in [0.5, 0.6) is 0 Å². The van der Waals surface area contributed by atoms with Gasteiger partial charge in [-0.25, -0.2) is 0 Å². The van der Waals surface area contributed by atoms with Gasteiger partial charge in [0.1, 0.15) is 0 Å². The van der Waals surface area contributed by atoms with Crippen molar-refractivity contribution in [2.45, 2.75) is 0 Å². The number of nitrogens with zero attached hydrogens (tertiary/aromatic N) is 2. The Morgan fingerprint density at radius 3 is 2.93 bits per heavy atom. The molecule has 3 nitrogen and oxygen atoms in total. The lowest BCUT2D eigenvalue weighted by Gasteiger charge is -1.82. The van der Waals surface area contributed by atoms with Crippen LogP contribution < -0.4 is 0 Å². The van der Waals surface area contributed by atoms with Crippen LogP contribution in [0.2, 0.25) is 5.35 Å². The molecule has 3 heterocycles. The molecule has 70 valence electrons. The van der Waals surface area contributed by atoms with E-state index in [1.807, 2.05) is 6.07 Å². The summed E-state index contributed by atoms with van der Waals surface area (Å²) in [4.78, 5) is 0.964. The van der Waals surface area contributed by atoms with Crippen molar-refractivity contribution in [1.82, 2.24) is 10.2 Å². The Kier molecular flexibility index (Phi) is 1.83. The zero-order valence-corrected chi connectivity index (χ0v) is 9.12.